The summed E-state index contributed by atoms with van der Waals surface area (Å²) in [5.74, 6) is 3.01. The van der Waals surface area contributed by atoms with Gasteiger partial charge in [-0.25, -0.2) is 0 Å². The zero-order valence-electron chi connectivity index (χ0n) is 11.8. The van der Waals surface area contributed by atoms with Crippen LogP contribution in [0.4, 0.5) is 0 Å². The Morgan fingerprint density at radius 2 is 1.68 bits per heavy atom. The SMILES string of the molecule is Cc1c2c(nn1C13CC4CC(CC(C4)C1)C3)CNC2. The Kier molecular flexibility index (Phi) is 1.97. The molecular weight excluding hydrogens is 234 g/mol. The van der Waals surface area contributed by atoms with Crippen molar-refractivity contribution in [3.63, 3.8) is 0 Å². The molecule has 1 N–H and O–H groups in total. The van der Waals surface area contributed by atoms with Gasteiger partial charge in [0.25, 0.3) is 0 Å². The summed E-state index contributed by atoms with van der Waals surface area (Å²) in [6.45, 7) is 4.32. The molecule has 4 fully saturated rings. The third kappa shape index (κ3) is 1.35. The highest BCUT2D eigenvalue weighted by atomic mass is 15.3. The topological polar surface area (TPSA) is 29.9 Å². The van der Waals surface area contributed by atoms with Crippen LogP contribution in [0.15, 0.2) is 0 Å². The van der Waals surface area contributed by atoms with Gasteiger partial charge in [-0.05, 0) is 63.2 Å². The van der Waals surface area contributed by atoms with Gasteiger partial charge in [0.1, 0.15) is 0 Å². The Labute approximate surface area is 114 Å². The van der Waals surface area contributed by atoms with Gasteiger partial charge in [-0.1, -0.05) is 0 Å². The van der Waals surface area contributed by atoms with Crippen molar-refractivity contribution in [2.45, 2.75) is 64.1 Å². The maximum Gasteiger partial charge on any atom is 0.0810 e. The van der Waals surface area contributed by atoms with E-state index in [0.717, 1.165) is 30.8 Å². The molecule has 0 aromatic carbocycles. The van der Waals surface area contributed by atoms with Gasteiger partial charge in [-0.3, -0.25) is 4.68 Å². The van der Waals surface area contributed by atoms with Crippen LogP contribution in [0.1, 0.15) is 55.5 Å². The van der Waals surface area contributed by atoms with Crippen molar-refractivity contribution in [3.8, 4) is 0 Å². The fraction of sp³-hybridized carbons (Fsp3) is 0.812. The third-order valence-corrected chi connectivity index (χ3v) is 6.37. The molecule has 6 rings (SSSR count). The lowest BCUT2D eigenvalue weighted by molar-refractivity contribution is -0.0506. The minimum Gasteiger partial charge on any atom is -0.307 e. The largest absolute Gasteiger partial charge is 0.307 e. The first-order valence-electron chi connectivity index (χ1n) is 8.02. The fourth-order valence-corrected chi connectivity index (χ4v) is 6.06. The van der Waals surface area contributed by atoms with Gasteiger partial charge in [0, 0.05) is 24.3 Å². The number of fused-ring (bicyclic) bond motifs is 1. The molecule has 3 heteroatoms. The molecule has 0 spiro atoms. The number of rotatable bonds is 1. The van der Waals surface area contributed by atoms with E-state index in [1.54, 1.807) is 0 Å². The van der Waals surface area contributed by atoms with Gasteiger partial charge in [0.05, 0.1) is 11.2 Å². The molecule has 5 aliphatic rings. The van der Waals surface area contributed by atoms with E-state index in [1.807, 2.05) is 0 Å². The lowest BCUT2D eigenvalue weighted by atomic mass is 9.53. The van der Waals surface area contributed by atoms with Crippen LogP contribution in [0.3, 0.4) is 0 Å². The Balaban J connectivity index is 1.62. The average Bonchev–Trinajstić information content (AvgIpc) is 2.91. The normalized spacial score (nSPS) is 42.9. The van der Waals surface area contributed by atoms with Crippen molar-refractivity contribution < 1.29 is 0 Å². The monoisotopic (exact) mass is 257 g/mol. The van der Waals surface area contributed by atoms with Crippen molar-refractivity contribution >= 4 is 0 Å². The predicted molar refractivity (Wildman–Crippen MR) is 73.7 cm³/mol. The van der Waals surface area contributed by atoms with Crippen LogP contribution >= 0.6 is 0 Å². The second-order valence-corrected chi connectivity index (χ2v) is 7.67. The van der Waals surface area contributed by atoms with Crippen LogP contribution in [0, 0.1) is 24.7 Å². The van der Waals surface area contributed by atoms with E-state index < -0.39 is 0 Å². The quantitative estimate of drug-likeness (QED) is 0.838. The zero-order valence-corrected chi connectivity index (χ0v) is 11.8. The standard InChI is InChI=1S/C16H23N3/c1-10-14-8-17-9-15(14)18-19(10)16-5-11-2-12(6-16)4-13(3-11)7-16/h11-13,17H,2-9H2,1H3. The number of nitrogens with one attached hydrogen (secondary N) is 1. The van der Waals surface area contributed by atoms with E-state index >= 15 is 0 Å². The number of hydrogen-bond donors (Lipinski definition) is 1. The highest BCUT2D eigenvalue weighted by Gasteiger charge is 2.53. The fourth-order valence-electron chi connectivity index (χ4n) is 6.06. The van der Waals surface area contributed by atoms with Crippen LogP contribution < -0.4 is 5.32 Å². The molecule has 0 saturated heterocycles. The molecule has 4 saturated carbocycles. The van der Waals surface area contributed by atoms with Gasteiger partial charge in [-0.15, -0.1) is 0 Å². The molecule has 19 heavy (non-hydrogen) atoms. The second kappa shape index (κ2) is 3.43. The Morgan fingerprint density at radius 3 is 2.26 bits per heavy atom. The van der Waals surface area contributed by atoms with Crippen molar-refractivity contribution in [1.82, 2.24) is 15.1 Å². The van der Waals surface area contributed by atoms with Crippen LogP contribution in [-0.2, 0) is 18.6 Å². The summed E-state index contributed by atoms with van der Waals surface area (Å²) < 4.78 is 2.49. The van der Waals surface area contributed by atoms with E-state index in [0.29, 0.717) is 5.54 Å². The molecule has 0 unspecified atom stereocenters. The zero-order chi connectivity index (χ0) is 12.6. The summed E-state index contributed by atoms with van der Waals surface area (Å²) in [6, 6.07) is 0. The van der Waals surface area contributed by atoms with Gasteiger partial charge in [-0.2, -0.15) is 5.10 Å². The minimum atomic E-state index is 0.406. The minimum absolute atomic E-state index is 0.406. The van der Waals surface area contributed by atoms with Crippen molar-refractivity contribution in [3.05, 3.63) is 17.0 Å². The molecule has 0 atom stereocenters. The molecule has 0 radical (unpaired) electrons. The smallest absolute Gasteiger partial charge is 0.0810 e. The summed E-state index contributed by atoms with van der Waals surface area (Å²) in [6.07, 6.45) is 8.78. The average molecular weight is 257 g/mol. The summed E-state index contributed by atoms with van der Waals surface area (Å²) in [7, 11) is 0. The molecule has 4 bridgehead atoms. The van der Waals surface area contributed by atoms with E-state index in [1.165, 1.54) is 55.5 Å². The summed E-state index contributed by atoms with van der Waals surface area (Å²) in [5, 5.41) is 8.47. The molecule has 0 amide bonds. The first-order valence-corrected chi connectivity index (χ1v) is 8.02. The maximum absolute atomic E-state index is 5.03. The van der Waals surface area contributed by atoms with Crippen LogP contribution in [0.2, 0.25) is 0 Å². The summed E-state index contributed by atoms with van der Waals surface area (Å²) in [5.41, 5.74) is 4.69. The lowest BCUT2D eigenvalue weighted by Gasteiger charge is -2.57. The Hall–Kier alpha value is -0.830. The lowest BCUT2D eigenvalue weighted by Crippen LogP contribution is -2.52. The van der Waals surface area contributed by atoms with E-state index in [9.17, 15) is 0 Å². The summed E-state index contributed by atoms with van der Waals surface area (Å²) >= 11 is 0. The molecule has 102 valence electrons. The molecular formula is C16H23N3. The Bertz CT molecular complexity index is 507. The summed E-state index contributed by atoms with van der Waals surface area (Å²) in [4.78, 5) is 0. The first kappa shape index (κ1) is 10.9. The first-order chi connectivity index (χ1) is 9.23. The third-order valence-electron chi connectivity index (χ3n) is 6.37. The van der Waals surface area contributed by atoms with Crippen LogP contribution in [0.5, 0.6) is 0 Å². The molecule has 4 aliphatic carbocycles. The van der Waals surface area contributed by atoms with Gasteiger partial charge >= 0.3 is 0 Å². The van der Waals surface area contributed by atoms with Gasteiger partial charge < -0.3 is 5.32 Å². The molecule has 1 aliphatic heterocycles. The number of hydrogen-bond acceptors (Lipinski definition) is 2. The maximum atomic E-state index is 5.03. The van der Waals surface area contributed by atoms with E-state index in [-0.39, 0.29) is 0 Å². The van der Waals surface area contributed by atoms with Crippen LogP contribution in [-0.4, -0.2) is 9.78 Å². The number of aromatic nitrogens is 2. The highest BCUT2D eigenvalue weighted by Crippen LogP contribution is 2.59. The van der Waals surface area contributed by atoms with Crippen molar-refractivity contribution in [2.75, 3.05) is 0 Å². The van der Waals surface area contributed by atoms with E-state index in [4.69, 9.17) is 5.10 Å². The predicted octanol–water partition coefficient (Wildman–Crippen LogP) is 2.72. The highest BCUT2D eigenvalue weighted by molar-refractivity contribution is 5.30. The Morgan fingerprint density at radius 1 is 1.05 bits per heavy atom. The molecule has 1 aromatic rings. The molecule has 1 aromatic heterocycles. The molecule has 2 heterocycles. The second-order valence-electron chi connectivity index (χ2n) is 7.67. The van der Waals surface area contributed by atoms with Crippen molar-refractivity contribution in [2.24, 2.45) is 17.8 Å². The molecule has 3 nitrogen and oxygen atoms in total. The van der Waals surface area contributed by atoms with Crippen molar-refractivity contribution in [1.29, 1.82) is 0 Å². The van der Waals surface area contributed by atoms with Gasteiger partial charge in [0.15, 0.2) is 0 Å². The number of nitrogens with zero attached hydrogens (tertiary/aromatic N) is 2. The van der Waals surface area contributed by atoms with Crippen LogP contribution in [0.25, 0.3) is 0 Å². The van der Waals surface area contributed by atoms with E-state index in [2.05, 4.69) is 16.9 Å². The van der Waals surface area contributed by atoms with Gasteiger partial charge in [0.2, 0.25) is 0 Å².